The van der Waals surface area contributed by atoms with Gasteiger partial charge in [0, 0.05) is 18.6 Å². The number of aromatic nitrogens is 5. The van der Waals surface area contributed by atoms with Crippen LogP contribution in [0.5, 0.6) is 11.8 Å². The first-order valence-corrected chi connectivity index (χ1v) is 13.0. The molecule has 0 unspecified atom stereocenters. The van der Waals surface area contributed by atoms with E-state index in [-0.39, 0.29) is 28.3 Å². The van der Waals surface area contributed by atoms with Crippen molar-refractivity contribution in [2.24, 2.45) is 7.05 Å². The number of rotatable bonds is 7. The fraction of sp³-hybridized carbons (Fsp3) is 0.174. The van der Waals surface area contributed by atoms with Gasteiger partial charge in [0.15, 0.2) is 5.03 Å². The lowest BCUT2D eigenvalue weighted by atomic mass is 10.1. The predicted octanol–water partition coefficient (Wildman–Crippen LogP) is 2.33. The largest absolute Gasteiger partial charge is 0.481 e. The smallest absolute Gasteiger partial charge is 0.340 e. The second-order valence-electron chi connectivity index (χ2n) is 7.94. The fourth-order valence-electron chi connectivity index (χ4n) is 3.35. The van der Waals surface area contributed by atoms with Crippen LogP contribution in [0.3, 0.4) is 0 Å². The number of urea groups is 1. The summed E-state index contributed by atoms with van der Waals surface area (Å²) in [6.45, 7) is 1.90. The Morgan fingerprint density at radius 1 is 1.00 bits per heavy atom. The number of hydrogen-bond donors (Lipinski definition) is 4. The lowest BCUT2D eigenvalue weighted by Crippen LogP contribution is -2.36. The second kappa shape index (κ2) is 12.4. The maximum atomic E-state index is 12.3. The number of nitrogens with zero attached hydrogens (tertiary/aromatic N) is 5. The van der Waals surface area contributed by atoms with Crippen LogP contribution >= 0.6 is 11.6 Å². The minimum atomic E-state index is -4.53. The number of carboxylic acids is 2. The van der Waals surface area contributed by atoms with Crippen molar-refractivity contribution in [3.8, 4) is 11.8 Å². The average molecular weight is 608 g/mol. The van der Waals surface area contributed by atoms with Crippen LogP contribution in [0.25, 0.3) is 10.9 Å². The number of anilines is 1. The Morgan fingerprint density at radius 3 is 2.20 bits per heavy atom. The van der Waals surface area contributed by atoms with Gasteiger partial charge in [-0.25, -0.2) is 19.1 Å². The Kier molecular flexibility index (Phi) is 9.25. The molecule has 0 radical (unpaired) electrons. The molecule has 216 valence electrons. The number of amides is 2. The van der Waals surface area contributed by atoms with Crippen LogP contribution in [0.15, 0.2) is 41.7 Å². The Labute approximate surface area is 237 Å². The number of sulfonamides is 1. The van der Waals surface area contributed by atoms with Crippen LogP contribution in [-0.4, -0.2) is 75.6 Å². The molecule has 1 aromatic carbocycles. The maximum absolute atomic E-state index is 12.3. The molecule has 41 heavy (non-hydrogen) atoms. The molecule has 0 atom stereocenters. The van der Waals surface area contributed by atoms with Gasteiger partial charge in [-0.1, -0.05) is 17.7 Å². The lowest BCUT2D eigenvalue weighted by Gasteiger charge is -2.10. The van der Waals surface area contributed by atoms with Crippen molar-refractivity contribution in [1.29, 1.82) is 0 Å². The van der Waals surface area contributed by atoms with Crippen molar-refractivity contribution in [2.75, 3.05) is 19.5 Å². The highest BCUT2D eigenvalue weighted by molar-refractivity contribution is 7.90. The van der Waals surface area contributed by atoms with E-state index in [0.717, 1.165) is 21.8 Å². The third-order valence-corrected chi connectivity index (χ3v) is 6.83. The molecule has 2 amide bonds. The third kappa shape index (κ3) is 7.14. The zero-order chi connectivity index (χ0) is 30.5. The van der Waals surface area contributed by atoms with Gasteiger partial charge in [0.2, 0.25) is 17.7 Å². The van der Waals surface area contributed by atoms with Crippen LogP contribution in [0.4, 0.5) is 10.7 Å². The fourth-order valence-corrected chi connectivity index (χ4v) is 4.80. The molecule has 4 N–H and O–H groups in total. The molecule has 0 saturated heterocycles. The third-order valence-electron chi connectivity index (χ3n) is 5.07. The van der Waals surface area contributed by atoms with Gasteiger partial charge in [0.05, 0.1) is 37.0 Å². The van der Waals surface area contributed by atoms with Gasteiger partial charge < -0.3 is 19.7 Å². The summed E-state index contributed by atoms with van der Waals surface area (Å²) in [6, 6.07) is 5.34. The van der Waals surface area contributed by atoms with Crippen molar-refractivity contribution in [1.82, 2.24) is 29.5 Å². The molecule has 16 nitrogen and oxygen atoms in total. The summed E-state index contributed by atoms with van der Waals surface area (Å²) in [4.78, 5) is 45.8. The number of hydrogen-bond acceptors (Lipinski definition) is 11. The molecule has 4 rings (SSSR count). The number of halogens is 1. The Hall–Kier alpha value is -5.03. The van der Waals surface area contributed by atoms with E-state index in [1.165, 1.54) is 27.3 Å². The highest BCUT2D eigenvalue weighted by Gasteiger charge is 2.29. The molecule has 3 heterocycles. The van der Waals surface area contributed by atoms with E-state index >= 15 is 0 Å². The summed E-state index contributed by atoms with van der Waals surface area (Å²) >= 11 is 5.82. The number of methoxy groups -OCH3 is 2. The normalized spacial score (nSPS) is 10.8. The molecule has 18 heteroatoms. The van der Waals surface area contributed by atoms with Crippen LogP contribution < -0.4 is 19.5 Å². The van der Waals surface area contributed by atoms with Crippen LogP contribution in [0.1, 0.15) is 26.3 Å². The Bertz CT molecular complexity index is 1740. The number of nitrogens with one attached hydrogen (secondary N) is 2. The topological polar surface area (TPSA) is 225 Å². The first-order valence-electron chi connectivity index (χ1n) is 11.1. The molecule has 3 aromatic heterocycles. The molecule has 0 aliphatic heterocycles. The molecule has 0 spiro atoms. The van der Waals surface area contributed by atoms with E-state index < -0.39 is 38.6 Å². The minimum Gasteiger partial charge on any atom is -0.481 e. The van der Waals surface area contributed by atoms with Gasteiger partial charge in [-0.3, -0.25) is 15.0 Å². The van der Waals surface area contributed by atoms with Gasteiger partial charge in [-0.05, 0) is 24.6 Å². The molecule has 0 fully saturated rings. The van der Waals surface area contributed by atoms with Crippen molar-refractivity contribution < 1.29 is 42.5 Å². The number of carbonyl (C=O) groups is 3. The number of carbonyl (C=O) groups excluding carboxylic acids is 1. The maximum Gasteiger partial charge on any atom is 0.340 e. The van der Waals surface area contributed by atoms with Gasteiger partial charge in [0.1, 0.15) is 11.1 Å². The standard InChI is InChI=1S/C12H14N6O7S.C11H8ClNO2/c1-18-9(6(5-13-18)10(19)20)26(22,23)17-12(21)16-11-14-7(24-2)4-8(15-11)25-3;1-6-4-7-2-3-8(12)9(11(14)15)10(7)13-5-6/h4-5H,1-3H3,(H,19,20)(H2,14,15,16,17,21);2-5H,1H3,(H,14,15). The predicted molar refractivity (Wildman–Crippen MR) is 143 cm³/mol. The number of pyridine rings is 1. The molecular weight excluding hydrogens is 586 g/mol. The number of carboxylic acid groups (broad SMARTS) is 2. The van der Waals surface area contributed by atoms with Gasteiger partial charge in [0.25, 0.3) is 10.0 Å². The number of fused-ring (bicyclic) bond motifs is 1. The summed E-state index contributed by atoms with van der Waals surface area (Å²) in [5, 5.41) is 24.0. The molecular formula is C23H22ClN7O9S. The van der Waals surface area contributed by atoms with E-state index in [1.54, 1.807) is 23.1 Å². The second-order valence-corrected chi connectivity index (χ2v) is 9.94. The van der Waals surface area contributed by atoms with Crippen LogP contribution in [-0.2, 0) is 17.1 Å². The number of benzene rings is 1. The molecule has 0 bridgehead atoms. The number of ether oxygens (including phenoxy) is 2. The first-order chi connectivity index (χ1) is 19.3. The molecule has 0 saturated carbocycles. The molecule has 0 aliphatic carbocycles. The molecule has 4 aromatic rings. The highest BCUT2D eigenvalue weighted by atomic mass is 35.5. The number of aromatic carboxylic acids is 2. The van der Waals surface area contributed by atoms with Crippen molar-refractivity contribution >= 4 is 56.4 Å². The summed E-state index contributed by atoms with van der Waals surface area (Å²) < 4.78 is 36.9. The van der Waals surface area contributed by atoms with Gasteiger partial charge in [-0.2, -0.15) is 23.5 Å². The summed E-state index contributed by atoms with van der Waals surface area (Å²) in [7, 11) is -0.667. The average Bonchev–Trinajstić information content (AvgIpc) is 3.31. The Balaban J connectivity index is 0.000000260. The van der Waals surface area contributed by atoms with Crippen LogP contribution in [0.2, 0.25) is 5.02 Å². The van der Waals surface area contributed by atoms with E-state index in [1.807, 2.05) is 13.0 Å². The number of aryl methyl sites for hydroxylation is 2. The summed E-state index contributed by atoms with van der Waals surface area (Å²) in [5.74, 6) is -2.73. The van der Waals surface area contributed by atoms with Gasteiger partial charge in [-0.15, -0.1) is 0 Å². The van der Waals surface area contributed by atoms with E-state index in [2.05, 4.69) is 25.4 Å². The van der Waals surface area contributed by atoms with Crippen molar-refractivity contribution in [2.45, 2.75) is 11.9 Å². The SMILES string of the molecule is COc1cc(OC)nc(NC(=O)NS(=O)(=O)c2c(C(=O)O)cnn2C)n1.Cc1cnc2c(C(=O)O)c(Cl)ccc2c1. The lowest BCUT2D eigenvalue weighted by molar-refractivity contribution is 0.0684. The monoisotopic (exact) mass is 607 g/mol. The zero-order valence-electron chi connectivity index (χ0n) is 21.7. The quantitative estimate of drug-likeness (QED) is 0.237. The minimum absolute atomic E-state index is 0.0640. The Morgan fingerprint density at radius 2 is 1.63 bits per heavy atom. The van der Waals surface area contributed by atoms with Crippen molar-refractivity contribution in [3.63, 3.8) is 0 Å². The first kappa shape index (κ1) is 30.5. The summed E-state index contributed by atoms with van der Waals surface area (Å²) in [6.07, 6.45) is 2.48. The van der Waals surface area contributed by atoms with Crippen LogP contribution in [0, 0.1) is 6.92 Å². The zero-order valence-corrected chi connectivity index (χ0v) is 23.3. The molecule has 0 aliphatic rings. The van der Waals surface area contributed by atoms with E-state index in [0.29, 0.717) is 5.52 Å². The van der Waals surface area contributed by atoms with Gasteiger partial charge >= 0.3 is 18.0 Å². The van der Waals surface area contributed by atoms with E-state index in [4.69, 9.17) is 31.3 Å². The van der Waals surface area contributed by atoms with Crippen molar-refractivity contribution in [3.05, 3.63) is 58.4 Å². The highest BCUT2D eigenvalue weighted by Crippen LogP contribution is 2.25. The van der Waals surface area contributed by atoms with E-state index in [9.17, 15) is 22.8 Å². The summed E-state index contributed by atoms with van der Waals surface area (Å²) in [5.41, 5.74) is 0.892.